The molecule has 2 aliphatic rings. The summed E-state index contributed by atoms with van der Waals surface area (Å²) < 4.78 is 49.8. The molecule has 0 bridgehead atoms. The maximum absolute atomic E-state index is 12.9. The van der Waals surface area contributed by atoms with Gasteiger partial charge in [-0.3, -0.25) is 4.79 Å². The normalized spacial score (nSPS) is 16.9. The molecular weight excluding hydrogens is 423 g/mol. The van der Waals surface area contributed by atoms with Crippen LogP contribution in [0.15, 0.2) is 24.5 Å². The van der Waals surface area contributed by atoms with Gasteiger partial charge in [-0.05, 0) is 18.2 Å². The van der Waals surface area contributed by atoms with Gasteiger partial charge in [0.2, 0.25) is 6.79 Å². The fourth-order valence-electron chi connectivity index (χ4n) is 3.43. The molecule has 0 aliphatic carbocycles. The maximum atomic E-state index is 12.9. The van der Waals surface area contributed by atoms with Crippen LogP contribution in [0.25, 0.3) is 0 Å². The molecule has 1 amide bonds. The van der Waals surface area contributed by atoms with Crippen molar-refractivity contribution in [2.75, 3.05) is 27.1 Å². The number of benzene rings is 1. The van der Waals surface area contributed by atoms with Crippen LogP contribution >= 0.6 is 0 Å². The summed E-state index contributed by atoms with van der Waals surface area (Å²) in [7, 11) is 3.65. The highest BCUT2D eigenvalue weighted by molar-refractivity contribution is 5.95. The molecular formula is C19H20F3N3O6. The number of rotatable bonds is 3. The van der Waals surface area contributed by atoms with Crippen molar-refractivity contribution in [2.45, 2.75) is 18.6 Å². The second-order valence-electron chi connectivity index (χ2n) is 6.90. The van der Waals surface area contributed by atoms with E-state index in [0.717, 1.165) is 11.4 Å². The Kier molecular flexibility index (Phi) is 6.39. The Balaban J connectivity index is 0.000000339. The van der Waals surface area contributed by atoms with Crippen molar-refractivity contribution in [1.82, 2.24) is 14.5 Å². The first kappa shape index (κ1) is 22.4. The first-order chi connectivity index (χ1) is 14.6. The Morgan fingerprint density at radius 3 is 2.61 bits per heavy atom. The number of ether oxygens (including phenoxy) is 3. The molecule has 0 spiro atoms. The fourth-order valence-corrected chi connectivity index (χ4v) is 3.43. The van der Waals surface area contributed by atoms with Crippen LogP contribution in [-0.4, -0.2) is 64.7 Å². The molecule has 168 valence electrons. The number of methoxy groups -OCH3 is 1. The largest absolute Gasteiger partial charge is 0.490 e. The van der Waals surface area contributed by atoms with Gasteiger partial charge in [0.25, 0.3) is 5.91 Å². The number of carbonyl (C=O) groups is 2. The Hall–Kier alpha value is -3.28. The molecule has 0 radical (unpaired) electrons. The van der Waals surface area contributed by atoms with Gasteiger partial charge in [-0.2, -0.15) is 13.2 Å². The lowest BCUT2D eigenvalue weighted by atomic mass is 9.98. The van der Waals surface area contributed by atoms with Crippen LogP contribution in [0.3, 0.4) is 0 Å². The van der Waals surface area contributed by atoms with Crippen molar-refractivity contribution in [2.24, 2.45) is 7.05 Å². The van der Waals surface area contributed by atoms with E-state index in [2.05, 4.69) is 4.98 Å². The third kappa shape index (κ3) is 4.90. The zero-order chi connectivity index (χ0) is 22.8. The lowest BCUT2D eigenvalue weighted by Gasteiger charge is -2.32. The van der Waals surface area contributed by atoms with Crippen molar-refractivity contribution in [1.29, 1.82) is 0 Å². The molecule has 3 heterocycles. The molecule has 1 aromatic heterocycles. The summed E-state index contributed by atoms with van der Waals surface area (Å²) in [4.78, 5) is 28.1. The fraction of sp³-hybridized carbons (Fsp3) is 0.421. The van der Waals surface area contributed by atoms with Crippen LogP contribution in [0, 0.1) is 0 Å². The number of fused-ring (bicyclic) bond motifs is 2. The number of alkyl halides is 3. The van der Waals surface area contributed by atoms with Gasteiger partial charge < -0.3 is 28.8 Å². The summed E-state index contributed by atoms with van der Waals surface area (Å²) in [5.74, 6) is -1.39. The number of carboxylic acids is 1. The van der Waals surface area contributed by atoms with E-state index in [4.69, 9.17) is 24.1 Å². The zero-order valence-corrected chi connectivity index (χ0v) is 16.7. The number of halogens is 3. The van der Waals surface area contributed by atoms with E-state index in [9.17, 15) is 18.0 Å². The second-order valence-corrected chi connectivity index (χ2v) is 6.90. The van der Waals surface area contributed by atoms with Crippen molar-refractivity contribution in [3.8, 4) is 11.5 Å². The number of carbonyl (C=O) groups excluding carboxylic acids is 1. The predicted molar refractivity (Wildman–Crippen MR) is 98.8 cm³/mol. The van der Waals surface area contributed by atoms with Gasteiger partial charge in [-0.15, -0.1) is 0 Å². The number of imidazole rings is 1. The third-order valence-corrected chi connectivity index (χ3v) is 4.75. The number of aryl methyl sites for hydroxylation is 1. The van der Waals surface area contributed by atoms with Crippen molar-refractivity contribution in [3.63, 3.8) is 0 Å². The van der Waals surface area contributed by atoms with E-state index >= 15 is 0 Å². The minimum Gasteiger partial charge on any atom is -0.475 e. The number of aromatic nitrogens is 2. The first-order valence-corrected chi connectivity index (χ1v) is 9.09. The number of aliphatic carboxylic acids is 1. The van der Waals surface area contributed by atoms with Crippen LogP contribution < -0.4 is 9.47 Å². The minimum atomic E-state index is -5.08. The van der Waals surface area contributed by atoms with Crippen LogP contribution in [0.2, 0.25) is 0 Å². The molecule has 2 aliphatic heterocycles. The molecule has 0 saturated carbocycles. The first-order valence-electron chi connectivity index (χ1n) is 9.09. The summed E-state index contributed by atoms with van der Waals surface area (Å²) in [6.07, 6.45) is -3.29. The lowest BCUT2D eigenvalue weighted by Crippen LogP contribution is -2.40. The van der Waals surface area contributed by atoms with E-state index in [0.29, 0.717) is 36.8 Å². The smallest absolute Gasteiger partial charge is 0.475 e. The average Bonchev–Trinajstić information content (AvgIpc) is 3.33. The molecule has 0 saturated heterocycles. The Labute approximate surface area is 174 Å². The molecule has 1 unspecified atom stereocenters. The van der Waals surface area contributed by atoms with Gasteiger partial charge in [0.1, 0.15) is 0 Å². The SMILES string of the molecule is COCC1CN(C(=O)c2ccc3c(c2)OCO3)Cc2ncn(C)c21.O=C(O)C(F)(F)F. The summed E-state index contributed by atoms with van der Waals surface area (Å²) in [5, 5.41) is 7.12. The summed E-state index contributed by atoms with van der Waals surface area (Å²) >= 11 is 0. The number of nitrogens with zero attached hydrogens (tertiary/aromatic N) is 3. The minimum absolute atomic E-state index is 0.0364. The van der Waals surface area contributed by atoms with Gasteiger partial charge in [0, 0.05) is 37.9 Å². The highest BCUT2D eigenvalue weighted by Crippen LogP contribution is 2.34. The summed E-state index contributed by atoms with van der Waals surface area (Å²) in [5.41, 5.74) is 2.67. The molecule has 12 heteroatoms. The van der Waals surface area contributed by atoms with Gasteiger partial charge in [-0.1, -0.05) is 0 Å². The van der Waals surface area contributed by atoms with Gasteiger partial charge in [-0.25, -0.2) is 9.78 Å². The highest BCUT2D eigenvalue weighted by Gasteiger charge is 2.38. The molecule has 1 aromatic carbocycles. The highest BCUT2D eigenvalue weighted by atomic mass is 19.4. The summed E-state index contributed by atoms with van der Waals surface area (Å²) in [6.45, 7) is 1.86. The monoisotopic (exact) mass is 443 g/mol. The lowest BCUT2D eigenvalue weighted by molar-refractivity contribution is -0.192. The third-order valence-electron chi connectivity index (χ3n) is 4.75. The van der Waals surface area contributed by atoms with Crippen LogP contribution in [0.1, 0.15) is 27.7 Å². The number of hydrogen-bond acceptors (Lipinski definition) is 6. The quantitative estimate of drug-likeness (QED) is 0.776. The van der Waals surface area contributed by atoms with Crippen molar-refractivity contribution in [3.05, 3.63) is 41.5 Å². The summed E-state index contributed by atoms with van der Waals surface area (Å²) in [6, 6.07) is 5.29. The Morgan fingerprint density at radius 1 is 1.29 bits per heavy atom. The zero-order valence-electron chi connectivity index (χ0n) is 16.7. The Morgan fingerprint density at radius 2 is 1.97 bits per heavy atom. The average molecular weight is 443 g/mol. The topological polar surface area (TPSA) is 103 Å². The van der Waals surface area contributed by atoms with Crippen molar-refractivity contribution < 1.29 is 42.1 Å². The molecule has 1 N–H and O–H groups in total. The van der Waals surface area contributed by atoms with Gasteiger partial charge in [0.05, 0.1) is 25.2 Å². The van der Waals surface area contributed by atoms with E-state index in [1.165, 1.54) is 0 Å². The van der Waals surface area contributed by atoms with Crippen LogP contribution in [0.4, 0.5) is 13.2 Å². The standard InChI is InChI=1S/C17H19N3O4.C2HF3O2/c1-19-9-18-13-7-20(6-12(8-22-2)16(13)19)17(21)11-3-4-14-15(5-11)24-10-23-14;3-2(4,5)1(6)7/h3-5,9,12H,6-8,10H2,1-2H3;(H,6,7). The molecule has 1 atom stereocenters. The van der Waals surface area contributed by atoms with Gasteiger partial charge in [0.15, 0.2) is 11.5 Å². The molecule has 2 aromatic rings. The molecule has 4 rings (SSSR count). The van der Waals surface area contributed by atoms with Gasteiger partial charge >= 0.3 is 12.1 Å². The van der Waals surface area contributed by atoms with E-state index in [1.54, 1.807) is 31.6 Å². The van der Waals surface area contributed by atoms with Crippen molar-refractivity contribution >= 4 is 11.9 Å². The van der Waals surface area contributed by atoms with Crippen LogP contribution in [-0.2, 0) is 23.1 Å². The molecule has 0 fully saturated rings. The maximum Gasteiger partial charge on any atom is 0.490 e. The van der Waals surface area contributed by atoms with Crippen LogP contribution in [0.5, 0.6) is 11.5 Å². The molecule has 9 nitrogen and oxygen atoms in total. The van der Waals surface area contributed by atoms with E-state index < -0.39 is 12.1 Å². The van der Waals surface area contributed by atoms with E-state index in [-0.39, 0.29) is 18.6 Å². The molecule has 31 heavy (non-hydrogen) atoms. The Bertz CT molecular complexity index is 975. The van der Waals surface area contributed by atoms with E-state index in [1.807, 2.05) is 16.5 Å². The number of carboxylic acid groups (broad SMARTS) is 1. The predicted octanol–water partition coefficient (Wildman–Crippen LogP) is 2.17. The number of hydrogen-bond donors (Lipinski definition) is 1. The second kappa shape index (κ2) is 8.84. The number of amides is 1.